The van der Waals surface area contributed by atoms with Crippen LogP contribution in [0.25, 0.3) is 11.4 Å². The van der Waals surface area contributed by atoms with Gasteiger partial charge in [-0.3, -0.25) is 9.97 Å². The van der Waals surface area contributed by atoms with Crippen molar-refractivity contribution in [2.45, 2.75) is 33.3 Å². The van der Waals surface area contributed by atoms with Crippen LogP contribution in [0.2, 0.25) is 0 Å². The van der Waals surface area contributed by atoms with Gasteiger partial charge in [-0.05, 0) is 52.6 Å². The van der Waals surface area contributed by atoms with Crippen molar-refractivity contribution >= 4 is 0 Å². The summed E-state index contributed by atoms with van der Waals surface area (Å²) in [4.78, 5) is 10.1. The number of hydrogen-bond donors (Lipinski definition) is 2. The first-order valence-corrected chi connectivity index (χ1v) is 10.1. The first kappa shape index (κ1) is 20.5. The lowest BCUT2D eigenvalue weighted by Gasteiger charge is -2.31. The Balaban J connectivity index is 1.54. The molecule has 0 aliphatic carbocycles. The number of H-pyrrole nitrogens is 1. The molecule has 8 nitrogen and oxygen atoms in total. The van der Waals surface area contributed by atoms with Crippen molar-refractivity contribution in [2.24, 2.45) is 5.41 Å². The van der Waals surface area contributed by atoms with E-state index in [0.29, 0.717) is 12.4 Å². The van der Waals surface area contributed by atoms with Crippen LogP contribution in [0, 0.1) is 5.41 Å². The quantitative estimate of drug-likeness (QED) is 0.370. The van der Waals surface area contributed by atoms with Crippen LogP contribution in [-0.2, 0) is 6.61 Å². The minimum absolute atomic E-state index is 0.0320. The Morgan fingerprint density at radius 2 is 1.84 bits per heavy atom. The van der Waals surface area contributed by atoms with E-state index in [1.54, 1.807) is 12.4 Å². The van der Waals surface area contributed by atoms with Crippen molar-refractivity contribution in [1.82, 2.24) is 25.4 Å². The molecule has 3 heterocycles. The summed E-state index contributed by atoms with van der Waals surface area (Å²) in [6.45, 7) is 7.08. The molecule has 31 heavy (non-hydrogen) atoms. The lowest BCUT2D eigenvalue weighted by Crippen LogP contribution is -2.49. The molecule has 0 aliphatic heterocycles. The number of nitrogens with zero attached hydrogens (tertiary/aromatic N) is 5. The molecule has 0 saturated heterocycles. The Bertz CT molecular complexity index is 1120. The number of aromatic nitrogens is 6. The van der Waals surface area contributed by atoms with E-state index in [0.717, 1.165) is 27.6 Å². The van der Waals surface area contributed by atoms with Crippen molar-refractivity contribution in [1.29, 1.82) is 0 Å². The Hall–Kier alpha value is -3.81. The molecule has 1 aromatic carbocycles. The molecule has 0 saturated carbocycles. The molecule has 3 aromatic heterocycles. The predicted molar refractivity (Wildman–Crippen MR) is 116 cm³/mol. The number of benzene rings is 1. The SMILES string of the molecule is CC(C)(C)C(c1ccc(OCc2ccccn2)cc1)c1ccc(-c2n[nH][n+](N)n2)cn1. The van der Waals surface area contributed by atoms with Crippen LogP contribution >= 0.6 is 0 Å². The van der Waals surface area contributed by atoms with E-state index in [-0.39, 0.29) is 11.3 Å². The number of rotatable bonds is 6. The zero-order valence-corrected chi connectivity index (χ0v) is 17.9. The maximum absolute atomic E-state index is 5.88. The summed E-state index contributed by atoms with van der Waals surface area (Å²) in [5, 5.41) is 10.7. The topological polar surface area (TPSA) is 106 Å². The van der Waals surface area contributed by atoms with E-state index < -0.39 is 0 Å². The first-order chi connectivity index (χ1) is 14.9. The highest BCUT2D eigenvalue weighted by Crippen LogP contribution is 2.40. The second-order valence-electron chi connectivity index (χ2n) is 8.43. The molecule has 1 atom stereocenters. The second kappa shape index (κ2) is 8.51. The van der Waals surface area contributed by atoms with Crippen LogP contribution in [0.1, 0.15) is 43.6 Å². The number of hydrogen-bond acceptors (Lipinski definition) is 6. The largest absolute Gasteiger partial charge is 0.487 e. The Kier molecular flexibility index (Phi) is 5.62. The molecule has 4 rings (SSSR count). The summed E-state index contributed by atoms with van der Waals surface area (Å²) in [7, 11) is 0. The zero-order valence-electron chi connectivity index (χ0n) is 17.9. The fraction of sp³-hybridized carbons (Fsp3) is 0.261. The highest BCUT2D eigenvalue weighted by molar-refractivity contribution is 5.52. The summed E-state index contributed by atoms with van der Waals surface area (Å²) in [5.41, 5.74) is 3.82. The van der Waals surface area contributed by atoms with Crippen LogP contribution in [0.3, 0.4) is 0 Å². The van der Waals surface area contributed by atoms with Crippen LogP contribution in [-0.4, -0.2) is 25.4 Å². The molecule has 0 amide bonds. The van der Waals surface area contributed by atoms with Crippen LogP contribution in [0.5, 0.6) is 5.75 Å². The highest BCUT2D eigenvalue weighted by atomic mass is 16.5. The minimum Gasteiger partial charge on any atom is -0.487 e. The first-order valence-electron chi connectivity index (χ1n) is 10.1. The lowest BCUT2D eigenvalue weighted by atomic mass is 9.74. The molecular formula is C23H26N7O+. The molecule has 4 aromatic rings. The minimum atomic E-state index is -0.0320. The number of nitrogen functional groups attached to an aromatic ring is 1. The number of ether oxygens (including phenoxy) is 1. The van der Waals surface area contributed by atoms with Gasteiger partial charge in [0.2, 0.25) is 0 Å². The van der Waals surface area contributed by atoms with Gasteiger partial charge < -0.3 is 4.74 Å². The maximum Gasteiger partial charge on any atom is 0.343 e. The normalized spacial score (nSPS) is 12.5. The predicted octanol–water partition coefficient (Wildman–Crippen LogP) is 3.02. The zero-order chi connectivity index (χ0) is 21.8. The van der Waals surface area contributed by atoms with Gasteiger partial charge in [0.15, 0.2) is 0 Å². The third-order valence-corrected chi connectivity index (χ3v) is 4.99. The third-order valence-electron chi connectivity index (χ3n) is 4.99. The van der Waals surface area contributed by atoms with Crippen LogP contribution < -0.4 is 15.5 Å². The molecule has 0 fully saturated rings. The summed E-state index contributed by atoms with van der Waals surface area (Å²) >= 11 is 0. The van der Waals surface area contributed by atoms with Crippen molar-refractivity contribution < 1.29 is 9.64 Å². The van der Waals surface area contributed by atoms with Gasteiger partial charge in [0.05, 0.1) is 16.4 Å². The molecule has 3 N–H and O–H groups in total. The molecule has 158 valence electrons. The number of pyridine rings is 2. The van der Waals surface area contributed by atoms with Gasteiger partial charge in [-0.2, -0.15) is 0 Å². The average Bonchev–Trinajstić information content (AvgIpc) is 3.20. The smallest absolute Gasteiger partial charge is 0.343 e. The Labute approximate surface area is 181 Å². The van der Waals surface area contributed by atoms with Gasteiger partial charge in [-0.25, -0.2) is 5.84 Å². The molecular weight excluding hydrogens is 390 g/mol. The molecule has 1 unspecified atom stereocenters. The Morgan fingerprint density at radius 3 is 2.42 bits per heavy atom. The highest BCUT2D eigenvalue weighted by Gasteiger charge is 2.29. The van der Waals surface area contributed by atoms with E-state index in [9.17, 15) is 0 Å². The fourth-order valence-corrected chi connectivity index (χ4v) is 3.59. The van der Waals surface area contributed by atoms with Crippen molar-refractivity contribution in [3.63, 3.8) is 0 Å². The molecule has 8 heteroatoms. The van der Waals surface area contributed by atoms with E-state index >= 15 is 0 Å². The number of tetrazole rings is 1. The van der Waals surface area contributed by atoms with Crippen molar-refractivity contribution in [3.05, 3.63) is 83.9 Å². The van der Waals surface area contributed by atoms with Gasteiger partial charge in [-0.1, -0.05) is 39.0 Å². The summed E-state index contributed by atoms with van der Waals surface area (Å²) in [5.74, 6) is 6.97. The lowest BCUT2D eigenvalue weighted by molar-refractivity contribution is -0.755. The summed E-state index contributed by atoms with van der Waals surface area (Å²) in [6, 6.07) is 18.0. The molecule has 0 bridgehead atoms. The summed E-state index contributed by atoms with van der Waals surface area (Å²) in [6.07, 6.45) is 3.55. The number of nitrogens with two attached hydrogens (primary N) is 1. The van der Waals surface area contributed by atoms with Crippen molar-refractivity contribution in [3.8, 4) is 17.1 Å². The van der Waals surface area contributed by atoms with Gasteiger partial charge in [-0.15, -0.1) is 0 Å². The van der Waals surface area contributed by atoms with Crippen LogP contribution in [0.4, 0.5) is 0 Å². The van der Waals surface area contributed by atoms with Gasteiger partial charge in [0.25, 0.3) is 0 Å². The Morgan fingerprint density at radius 1 is 1.03 bits per heavy atom. The van der Waals surface area contributed by atoms with Crippen molar-refractivity contribution in [2.75, 3.05) is 5.84 Å². The number of aromatic amines is 1. The van der Waals surface area contributed by atoms with E-state index in [4.69, 9.17) is 15.6 Å². The van der Waals surface area contributed by atoms with E-state index in [1.807, 2.05) is 42.5 Å². The molecule has 0 radical (unpaired) electrons. The third kappa shape index (κ3) is 4.85. The van der Waals surface area contributed by atoms with Gasteiger partial charge in [0.1, 0.15) is 12.4 Å². The molecule has 0 spiro atoms. The standard InChI is InChI=1S/C23H25N7O/c1-23(2,3)21(20-12-9-17(14-26-20)22-27-29-30(24)28-22)16-7-10-19(11-8-16)31-15-18-6-4-5-13-25-18/h4-14,21H,15,24H2,1-3H3/p+1. The maximum atomic E-state index is 5.88. The average molecular weight is 417 g/mol. The van der Waals surface area contributed by atoms with Gasteiger partial charge in [0, 0.05) is 34.0 Å². The van der Waals surface area contributed by atoms with Gasteiger partial charge >= 0.3 is 5.82 Å². The monoisotopic (exact) mass is 416 g/mol. The molecule has 0 aliphatic rings. The van der Waals surface area contributed by atoms with Crippen LogP contribution in [0.15, 0.2) is 67.0 Å². The fourth-order valence-electron chi connectivity index (χ4n) is 3.59. The number of nitrogens with one attached hydrogen (secondary N) is 1. The van der Waals surface area contributed by atoms with E-state index in [2.05, 4.69) is 53.3 Å². The van der Waals surface area contributed by atoms with E-state index in [1.165, 1.54) is 5.56 Å². The summed E-state index contributed by atoms with van der Waals surface area (Å²) < 4.78 is 5.88. The second-order valence-corrected chi connectivity index (χ2v) is 8.43.